The number of pyridine rings is 1. The molecule has 0 aliphatic carbocycles. The number of fused-ring (bicyclic) bond motifs is 3. The summed E-state index contributed by atoms with van der Waals surface area (Å²) in [5.41, 5.74) is 4.36. The van der Waals surface area contributed by atoms with Crippen molar-refractivity contribution in [2.75, 3.05) is 16.8 Å². The van der Waals surface area contributed by atoms with Crippen LogP contribution in [0.5, 0.6) is 0 Å². The minimum Gasteiger partial charge on any atom is -0.478 e. The Morgan fingerprint density at radius 1 is 0.857 bits per heavy atom. The minimum absolute atomic E-state index is 0.125. The molecule has 208 valence electrons. The zero-order valence-electron chi connectivity index (χ0n) is 22.0. The average Bonchev–Trinajstić information content (AvgIpc) is 3.45. The van der Waals surface area contributed by atoms with Crippen LogP contribution in [0.15, 0.2) is 103 Å². The van der Waals surface area contributed by atoms with Crippen molar-refractivity contribution in [2.45, 2.75) is 6.42 Å². The van der Waals surface area contributed by atoms with Gasteiger partial charge in [-0.3, -0.25) is 9.88 Å². The molecular weight excluding hydrogens is 573 g/mol. The number of rotatable bonds is 7. The van der Waals surface area contributed by atoms with Crippen molar-refractivity contribution in [1.82, 2.24) is 14.8 Å². The molecule has 6 aromatic rings. The van der Waals surface area contributed by atoms with Gasteiger partial charge in [0, 0.05) is 51.4 Å². The second-order valence-electron chi connectivity index (χ2n) is 9.58. The Labute approximate surface area is 250 Å². The minimum atomic E-state index is -1.05. The van der Waals surface area contributed by atoms with Crippen LogP contribution in [-0.4, -0.2) is 38.4 Å². The van der Waals surface area contributed by atoms with Gasteiger partial charge in [0.25, 0.3) is 0 Å². The lowest BCUT2D eigenvalue weighted by Crippen LogP contribution is -2.36. The first-order valence-corrected chi connectivity index (χ1v) is 13.8. The molecule has 0 saturated carbocycles. The molecule has 6 rings (SSSR count). The third-order valence-corrected chi connectivity index (χ3v) is 7.34. The Morgan fingerprint density at radius 2 is 1.57 bits per heavy atom. The number of halogens is 2. The number of urea groups is 1. The first-order valence-electron chi connectivity index (χ1n) is 13.1. The maximum absolute atomic E-state index is 13.6. The fourth-order valence-corrected chi connectivity index (χ4v) is 5.06. The first-order chi connectivity index (χ1) is 20.4. The summed E-state index contributed by atoms with van der Waals surface area (Å²) in [5, 5.41) is 20.0. The Kier molecular flexibility index (Phi) is 7.48. The van der Waals surface area contributed by atoms with Gasteiger partial charge in [-0.25, -0.2) is 14.3 Å². The van der Waals surface area contributed by atoms with Crippen molar-refractivity contribution in [2.24, 2.45) is 0 Å². The number of hydrogen-bond acceptors (Lipinski definition) is 4. The monoisotopic (exact) mass is 595 g/mol. The van der Waals surface area contributed by atoms with E-state index in [0.29, 0.717) is 33.4 Å². The van der Waals surface area contributed by atoms with E-state index in [-0.39, 0.29) is 18.1 Å². The van der Waals surface area contributed by atoms with Gasteiger partial charge in [0.2, 0.25) is 0 Å². The summed E-state index contributed by atoms with van der Waals surface area (Å²) < 4.78 is 1.82. The van der Waals surface area contributed by atoms with Gasteiger partial charge in [0.05, 0.1) is 22.5 Å². The van der Waals surface area contributed by atoms with E-state index in [1.54, 1.807) is 47.4 Å². The Morgan fingerprint density at radius 3 is 2.29 bits per heavy atom. The van der Waals surface area contributed by atoms with Crippen molar-refractivity contribution in [3.8, 4) is 5.69 Å². The van der Waals surface area contributed by atoms with Crippen LogP contribution >= 0.6 is 23.2 Å². The molecule has 0 aliphatic rings. The number of nitrogens with one attached hydrogen (secondary N) is 1. The fraction of sp³-hybridized carbons (Fsp3) is 0.0625. The molecule has 0 atom stereocenters. The van der Waals surface area contributed by atoms with E-state index in [4.69, 9.17) is 33.3 Å². The van der Waals surface area contributed by atoms with Crippen molar-refractivity contribution in [3.05, 3.63) is 125 Å². The highest BCUT2D eigenvalue weighted by Crippen LogP contribution is 2.29. The van der Waals surface area contributed by atoms with Gasteiger partial charge in [0.1, 0.15) is 5.52 Å². The number of carbonyl (C=O) groups is 2. The summed E-state index contributed by atoms with van der Waals surface area (Å²) in [6.07, 6.45) is 2.33. The number of hydrogen-bond donors (Lipinski definition) is 2. The molecule has 0 aliphatic heterocycles. The molecular formula is C32H23Cl2N5O3. The largest absolute Gasteiger partial charge is 0.478 e. The molecule has 0 radical (unpaired) electrons. The van der Waals surface area contributed by atoms with E-state index in [1.807, 2.05) is 53.3 Å². The number of anilines is 2. The maximum atomic E-state index is 13.6. The van der Waals surface area contributed by atoms with Crippen LogP contribution in [0.3, 0.4) is 0 Å². The predicted octanol–water partition coefficient (Wildman–Crippen LogP) is 7.86. The average molecular weight is 596 g/mol. The van der Waals surface area contributed by atoms with Crippen LogP contribution in [0, 0.1) is 0 Å². The van der Waals surface area contributed by atoms with Crippen LogP contribution in [0.25, 0.3) is 27.5 Å². The fourth-order valence-electron chi connectivity index (χ4n) is 4.76. The topological polar surface area (TPSA) is 100 Å². The molecule has 4 aromatic carbocycles. The van der Waals surface area contributed by atoms with Crippen LogP contribution < -0.4 is 10.2 Å². The van der Waals surface area contributed by atoms with Crippen molar-refractivity contribution in [1.29, 1.82) is 0 Å². The third-order valence-electron chi connectivity index (χ3n) is 6.85. The number of amides is 2. The van der Waals surface area contributed by atoms with E-state index < -0.39 is 5.97 Å². The lowest BCUT2D eigenvalue weighted by molar-refractivity contribution is 0.0697. The highest BCUT2D eigenvalue weighted by atomic mass is 35.5. The second kappa shape index (κ2) is 11.5. The summed E-state index contributed by atoms with van der Waals surface area (Å²) in [6, 6.07) is 27.9. The summed E-state index contributed by atoms with van der Waals surface area (Å²) in [7, 11) is 0. The van der Waals surface area contributed by atoms with E-state index in [9.17, 15) is 14.7 Å². The van der Waals surface area contributed by atoms with Crippen molar-refractivity contribution < 1.29 is 14.7 Å². The molecule has 0 bridgehead atoms. The molecule has 2 aromatic heterocycles. The molecule has 10 heteroatoms. The lowest BCUT2D eigenvalue weighted by Gasteiger charge is -2.23. The molecule has 0 fully saturated rings. The number of para-hydroxylation sites is 1. The smallest absolute Gasteiger partial charge is 0.335 e. The third kappa shape index (κ3) is 5.63. The zero-order chi connectivity index (χ0) is 29.2. The molecule has 2 N–H and O–H groups in total. The van der Waals surface area contributed by atoms with Crippen LogP contribution in [0.4, 0.5) is 16.2 Å². The number of aromatic carboxylic acids is 1. The highest BCUT2D eigenvalue weighted by Gasteiger charge is 2.20. The number of nitrogens with zero attached hydrogens (tertiary/aromatic N) is 4. The molecule has 2 heterocycles. The number of carboxylic acids is 1. The van der Waals surface area contributed by atoms with Gasteiger partial charge in [-0.05, 0) is 78.9 Å². The molecule has 0 spiro atoms. The summed E-state index contributed by atoms with van der Waals surface area (Å²) >= 11 is 12.3. The second-order valence-corrected chi connectivity index (χ2v) is 10.5. The Bertz CT molecular complexity index is 1920. The van der Waals surface area contributed by atoms with Gasteiger partial charge >= 0.3 is 12.0 Å². The van der Waals surface area contributed by atoms with Gasteiger partial charge in [-0.2, -0.15) is 5.10 Å². The van der Waals surface area contributed by atoms with E-state index in [2.05, 4.69) is 5.32 Å². The predicted molar refractivity (Wildman–Crippen MR) is 166 cm³/mol. The van der Waals surface area contributed by atoms with Crippen molar-refractivity contribution in [3.63, 3.8) is 0 Å². The Balaban J connectivity index is 1.39. The summed E-state index contributed by atoms with van der Waals surface area (Å²) in [5.74, 6) is -1.05. The molecule has 42 heavy (non-hydrogen) atoms. The Hall–Kier alpha value is -4.92. The van der Waals surface area contributed by atoms with Crippen LogP contribution in [0.1, 0.15) is 16.1 Å². The lowest BCUT2D eigenvalue weighted by atomic mass is 10.1. The van der Waals surface area contributed by atoms with Gasteiger partial charge in [-0.1, -0.05) is 41.4 Å². The molecule has 2 amide bonds. The standard InChI is InChI=1S/C32H23Cl2N5O3/c33-21-8-11-23(12-9-21)35-32(42)38(24-13-6-20(7-14-24)31(40)41)17-16-28-27-19-39(25-4-2-1-3-5-25)37-30(27)26-15-10-22(34)18-29(26)36-28/h1-15,18-19H,16-17H2,(H,35,42)(H,40,41). The van der Waals surface area contributed by atoms with E-state index >= 15 is 0 Å². The number of carbonyl (C=O) groups excluding carboxylic acids is 1. The first kappa shape index (κ1) is 27.3. The normalized spacial score (nSPS) is 11.1. The number of benzene rings is 4. The van der Waals surface area contributed by atoms with Gasteiger partial charge in [-0.15, -0.1) is 0 Å². The molecule has 0 unspecified atom stereocenters. The van der Waals surface area contributed by atoms with E-state index in [1.165, 1.54) is 12.1 Å². The van der Waals surface area contributed by atoms with Crippen LogP contribution in [-0.2, 0) is 6.42 Å². The highest BCUT2D eigenvalue weighted by molar-refractivity contribution is 6.31. The summed E-state index contributed by atoms with van der Waals surface area (Å²) in [4.78, 5) is 31.5. The molecule has 0 saturated heterocycles. The van der Waals surface area contributed by atoms with Crippen molar-refractivity contribution >= 4 is 68.4 Å². The van der Waals surface area contributed by atoms with Crippen LogP contribution in [0.2, 0.25) is 10.0 Å². The zero-order valence-corrected chi connectivity index (χ0v) is 23.5. The van der Waals surface area contributed by atoms with Gasteiger partial charge < -0.3 is 10.4 Å². The number of aromatic nitrogens is 3. The maximum Gasteiger partial charge on any atom is 0.335 e. The summed E-state index contributed by atoms with van der Waals surface area (Å²) in [6.45, 7) is 0.247. The number of carboxylic acid groups (broad SMARTS) is 1. The SMILES string of the molecule is O=C(O)c1ccc(N(CCc2nc3cc(Cl)ccc3c3nn(-c4ccccc4)cc23)C(=O)Nc2ccc(Cl)cc2)cc1. The van der Waals surface area contributed by atoms with E-state index in [0.717, 1.165) is 27.7 Å². The molecule has 8 nitrogen and oxygen atoms in total. The quantitative estimate of drug-likeness (QED) is 0.195. The van der Waals surface area contributed by atoms with Gasteiger partial charge in [0.15, 0.2) is 0 Å².